The number of fused-ring (bicyclic) bond motifs is 1. The largest absolute Gasteiger partial charge is 0.395 e. The number of hydrogen-bond acceptors (Lipinski definition) is 5. The summed E-state index contributed by atoms with van der Waals surface area (Å²) in [4.78, 5) is 24.8. The van der Waals surface area contributed by atoms with Crippen molar-refractivity contribution in [3.05, 3.63) is 100.0 Å². The van der Waals surface area contributed by atoms with Gasteiger partial charge in [0.25, 0.3) is 5.91 Å². The van der Waals surface area contributed by atoms with Gasteiger partial charge in [0.1, 0.15) is 11.5 Å². The highest BCUT2D eigenvalue weighted by Gasteiger charge is 2.32. The Morgan fingerprint density at radius 1 is 1.05 bits per heavy atom. The second-order valence-corrected chi connectivity index (χ2v) is 10.9. The molecule has 5 rings (SSSR count). The number of hydrogen-bond donors (Lipinski definition) is 1. The van der Waals surface area contributed by atoms with E-state index in [0.29, 0.717) is 34.1 Å². The van der Waals surface area contributed by atoms with Crippen LogP contribution in [0, 0.1) is 6.92 Å². The maximum Gasteiger partial charge on any atom is 0.283 e. The van der Waals surface area contributed by atoms with Gasteiger partial charge in [0.15, 0.2) is 5.17 Å². The number of anilines is 1. The number of thioether (sulfide) groups is 1. The smallest absolute Gasteiger partial charge is 0.283 e. The number of carbonyl (C=O) groups excluding carboxylic acids is 1. The zero-order valence-corrected chi connectivity index (χ0v) is 23.1. The first-order valence-electron chi connectivity index (χ1n) is 12.5. The second-order valence-electron chi connectivity index (χ2n) is 9.55. The van der Waals surface area contributed by atoms with Gasteiger partial charge in [-0.1, -0.05) is 79.2 Å². The van der Waals surface area contributed by atoms with Crippen LogP contribution in [0.3, 0.4) is 0 Å². The van der Waals surface area contributed by atoms with Crippen LogP contribution < -0.4 is 4.90 Å². The molecule has 1 N–H and O–H groups in total. The van der Waals surface area contributed by atoms with E-state index in [1.54, 1.807) is 11.0 Å². The van der Waals surface area contributed by atoms with Gasteiger partial charge in [-0.3, -0.25) is 9.69 Å². The van der Waals surface area contributed by atoms with Crippen LogP contribution in [0.5, 0.6) is 0 Å². The molecule has 0 atom stereocenters. The maximum atomic E-state index is 13.6. The number of halogens is 1. The van der Waals surface area contributed by atoms with Crippen LogP contribution in [0.25, 0.3) is 17.1 Å². The van der Waals surface area contributed by atoms with Crippen molar-refractivity contribution in [2.24, 2.45) is 4.99 Å². The minimum atomic E-state index is -0.167. The molecule has 194 valence electrons. The fourth-order valence-corrected chi connectivity index (χ4v) is 5.51. The number of aliphatic imine (C=N–C) groups is 1. The molecule has 0 unspecified atom stereocenters. The van der Waals surface area contributed by atoms with E-state index < -0.39 is 0 Å². The Bertz CT molecular complexity index is 1540. The van der Waals surface area contributed by atoms with Gasteiger partial charge in [-0.15, -0.1) is 0 Å². The third kappa shape index (κ3) is 5.41. The van der Waals surface area contributed by atoms with Crippen LogP contribution in [-0.2, 0) is 17.1 Å². The van der Waals surface area contributed by atoms with Crippen LogP contribution in [-0.4, -0.2) is 32.3 Å². The fraction of sp³-hybridized carbons (Fsp3) is 0.233. The quantitative estimate of drug-likeness (QED) is 0.260. The summed E-state index contributed by atoms with van der Waals surface area (Å²) in [5.41, 5.74) is 6.12. The van der Waals surface area contributed by atoms with Crippen LogP contribution in [0.1, 0.15) is 42.3 Å². The van der Waals surface area contributed by atoms with Gasteiger partial charge in [-0.25, -0.2) is 9.98 Å². The molecule has 0 aliphatic carbocycles. The molecule has 1 aliphatic heterocycles. The number of aryl methyl sites for hydroxylation is 1. The van der Waals surface area contributed by atoms with E-state index >= 15 is 0 Å². The van der Waals surface area contributed by atoms with Gasteiger partial charge in [0.2, 0.25) is 0 Å². The monoisotopic (exact) mass is 544 g/mol. The maximum absolute atomic E-state index is 13.6. The predicted octanol–water partition coefficient (Wildman–Crippen LogP) is 6.79. The number of benzene rings is 3. The molecule has 0 saturated heterocycles. The molecule has 38 heavy (non-hydrogen) atoms. The fourth-order valence-electron chi connectivity index (χ4n) is 4.38. The minimum absolute atomic E-state index is 0.0208. The molecular weight excluding hydrogens is 516 g/mol. The Balaban J connectivity index is 1.48. The third-order valence-corrected chi connectivity index (χ3v) is 7.64. The topological polar surface area (TPSA) is 70.7 Å². The van der Waals surface area contributed by atoms with Crippen molar-refractivity contribution in [2.75, 3.05) is 11.5 Å². The zero-order valence-electron chi connectivity index (χ0n) is 21.6. The molecule has 4 aromatic rings. The average Bonchev–Trinajstić information content (AvgIpc) is 3.40. The van der Waals surface area contributed by atoms with Crippen molar-refractivity contribution in [3.63, 3.8) is 0 Å². The average molecular weight is 545 g/mol. The van der Waals surface area contributed by atoms with E-state index in [1.165, 1.54) is 17.3 Å². The van der Waals surface area contributed by atoms with Crippen molar-refractivity contribution in [1.82, 2.24) is 9.55 Å². The Morgan fingerprint density at radius 3 is 2.47 bits per heavy atom. The number of imidazole rings is 1. The molecule has 0 radical (unpaired) electrons. The molecule has 3 aromatic carbocycles. The summed E-state index contributed by atoms with van der Waals surface area (Å²) in [6, 6.07) is 21.6. The number of aromatic nitrogens is 2. The molecule has 1 aliphatic rings. The van der Waals surface area contributed by atoms with Gasteiger partial charge in [-0.2, -0.15) is 0 Å². The molecule has 0 spiro atoms. The van der Waals surface area contributed by atoms with Gasteiger partial charge < -0.3 is 9.67 Å². The number of aliphatic hydroxyl groups excluding tert-OH is 1. The summed E-state index contributed by atoms with van der Waals surface area (Å²) < 4.78 is 1.97. The first kappa shape index (κ1) is 26.2. The van der Waals surface area contributed by atoms with E-state index in [-0.39, 0.29) is 12.5 Å². The van der Waals surface area contributed by atoms with Crippen LogP contribution in [0.4, 0.5) is 5.69 Å². The SMILES string of the molecule is Cc1ccc(N2C(=O)C(=Cc3ccc(C(C)C)cc3)N=C2SCc2nc3ccc(Cl)cc3n2CCO)cc1. The summed E-state index contributed by atoms with van der Waals surface area (Å²) >= 11 is 7.67. The van der Waals surface area contributed by atoms with E-state index in [2.05, 4.69) is 26.0 Å². The Hall–Kier alpha value is -3.39. The van der Waals surface area contributed by atoms with Gasteiger partial charge in [0.05, 0.1) is 29.1 Å². The first-order valence-corrected chi connectivity index (χ1v) is 13.9. The highest BCUT2D eigenvalue weighted by atomic mass is 35.5. The van der Waals surface area contributed by atoms with Crippen molar-refractivity contribution in [2.45, 2.75) is 39.0 Å². The van der Waals surface area contributed by atoms with Gasteiger partial charge >= 0.3 is 0 Å². The van der Waals surface area contributed by atoms with E-state index in [1.807, 2.05) is 66.1 Å². The summed E-state index contributed by atoms with van der Waals surface area (Å²) in [6.45, 7) is 6.71. The van der Waals surface area contributed by atoms with E-state index in [9.17, 15) is 9.90 Å². The molecule has 1 aromatic heterocycles. The molecule has 0 fully saturated rings. The molecule has 1 amide bonds. The lowest BCUT2D eigenvalue weighted by atomic mass is 10.0. The van der Waals surface area contributed by atoms with Crippen LogP contribution >= 0.6 is 23.4 Å². The number of amides is 1. The molecule has 2 heterocycles. The number of carbonyl (C=O) groups is 1. The first-order chi connectivity index (χ1) is 18.3. The van der Waals surface area contributed by atoms with Gasteiger partial charge in [-0.05, 0) is 60.4 Å². The minimum Gasteiger partial charge on any atom is -0.395 e. The standard InChI is InChI=1S/C30H29ClN4O2S/c1-19(2)22-8-6-21(7-9-22)16-26-29(37)35(24-11-4-20(3)5-12-24)30(33-26)38-18-28-32-25-13-10-23(31)17-27(25)34(28)14-15-36/h4-13,16-17,19,36H,14-15,18H2,1-3H3. The summed E-state index contributed by atoms with van der Waals surface area (Å²) in [5, 5.41) is 10.9. The van der Waals surface area contributed by atoms with Crippen molar-refractivity contribution < 1.29 is 9.90 Å². The molecule has 0 bridgehead atoms. The molecular formula is C30H29ClN4O2S. The lowest BCUT2D eigenvalue weighted by Gasteiger charge is -2.18. The third-order valence-electron chi connectivity index (χ3n) is 6.47. The van der Waals surface area contributed by atoms with E-state index in [4.69, 9.17) is 21.6 Å². The van der Waals surface area contributed by atoms with E-state index in [0.717, 1.165) is 33.7 Å². The lowest BCUT2D eigenvalue weighted by Crippen LogP contribution is -2.30. The zero-order chi connectivity index (χ0) is 26.8. The number of nitrogens with zero attached hydrogens (tertiary/aromatic N) is 4. The molecule has 0 saturated carbocycles. The predicted molar refractivity (Wildman–Crippen MR) is 158 cm³/mol. The highest BCUT2D eigenvalue weighted by Crippen LogP contribution is 2.32. The summed E-state index contributed by atoms with van der Waals surface area (Å²) in [7, 11) is 0. The van der Waals surface area contributed by atoms with Crippen molar-refractivity contribution >= 4 is 57.2 Å². The van der Waals surface area contributed by atoms with Crippen LogP contribution in [0.15, 0.2) is 77.4 Å². The Kier molecular flexibility index (Phi) is 7.70. The number of amidine groups is 1. The Labute approximate surface area is 231 Å². The Morgan fingerprint density at radius 2 is 1.79 bits per heavy atom. The van der Waals surface area contributed by atoms with Gasteiger partial charge in [0, 0.05) is 11.6 Å². The lowest BCUT2D eigenvalue weighted by molar-refractivity contribution is -0.113. The number of aliphatic hydroxyl groups is 1. The molecule has 6 nitrogen and oxygen atoms in total. The molecule has 8 heteroatoms. The van der Waals surface area contributed by atoms with Crippen molar-refractivity contribution in [1.29, 1.82) is 0 Å². The second kappa shape index (κ2) is 11.2. The summed E-state index contributed by atoms with van der Waals surface area (Å²) in [6.07, 6.45) is 1.84. The highest BCUT2D eigenvalue weighted by molar-refractivity contribution is 8.13. The normalized spacial score (nSPS) is 14.8. The van der Waals surface area contributed by atoms with Crippen LogP contribution in [0.2, 0.25) is 5.02 Å². The summed E-state index contributed by atoms with van der Waals surface area (Å²) in [5.74, 6) is 1.52. The van der Waals surface area contributed by atoms with Crippen molar-refractivity contribution in [3.8, 4) is 0 Å². The number of rotatable bonds is 7.